The minimum Gasteiger partial charge on any atom is -0.457 e. The largest absolute Gasteiger partial charge is 0.472 e. The van der Waals surface area contributed by atoms with Crippen molar-refractivity contribution in [1.82, 2.24) is 0 Å². The maximum absolute atomic E-state index is 12.7. The standard InChI is InChI=1S/C50H101O9P/c1-3-5-7-9-11-13-15-17-19-21-23-24-25-27-29-31-33-35-37-39-41-43-56-46-49(47-58-60(54,55)57-45-48(52)44-51)59-50(53)42-40-38-36-34-32-30-28-26-22-20-18-16-14-12-10-8-6-4-2/h48-49,51-52H,3-47H2,1-2H3,(H,54,55). The molecule has 0 saturated heterocycles. The van der Waals surface area contributed by atoms with Crippen LogP contribution in [0, 0.1) is 0 Å². The Morgan fingerprint density at radius 3 is 1.08 bits per heavy atom. The molecule has 0 radical (unpaired) electrons. The van der Waals surface area contributed by atoms with E-state index in [1.54, 1.807) is 0 Å². The molecule has 0 aliphatic carbocycles. The van der Waals surface area contributed by atoms with Crippen LogP contribution >= 0.6 is 7.82 Å². The molecule has 0 aromatic heterocycles. The summed E-state index contributed by atoms with van der Waals surface area (Å²) in [6.07, 6.45) is 49.3. The van der Waals surface area contributed by atoms with Gasteiger partial charge in [0.15, 0.2) is 0 Å². The number of carbonyl (C=O) groups is 1. The van der Waals surface area contributed by atoms with Crippen LogP contribution in [0.2, 0.25) is 0 Å². The Balaban J connectivity index is 4.00. The molecule has 0 spiro atoms. The third kappa shape index (κ3) is 47.0. The zero-order valence-corrected chi connectivity index (χ0v) is 40.6. The molecule has 0 bridgehead atoms. The van der Waals surface area contributed by atoms with Crippen LogP contribution in [0.15, 0.2) is 0 Å². The molecule has 0 rings (SSSR count). The average Bonchev–Trinajstić information content (AvgIpc) is 3.24. The lowest BCUT2D eigenvalue weighted by Crippen LogP contribution is -2.29. The van der Waals surface area contributed by atoms with Crippen LogP contribution in [0.4, 0.5) is 0 Å². The first-order valence-corrected chi connectivity index (χ1v) is 27.5. The molecule has 3 atom stereocenters. The molecular weight excluding hydrogens is 776 g/mol. The summed E-state index contributed by atoms with van der Waals surface area (Å²) in [6.45, 7) is 3.61. The van der Waals surface area contributed by atoms with Crippen LogP contribution in [0.1, 0.15) is 271 Å². The summed E-state index contributed by atoms with van der Waals surface area (Å²) < 4.78 is 33.5. The fourth-order valence-corrected chi connectivity index (χ4v) is 8.62. The molecular formula is C50H101O9P. The van der Waals surface area contributed by atoms with Gasteiger partial charge >= 0.3 is 13.8 Å². The first kappa shape index (κ1) is 59.5. The van der Waals surface area contributed by atoms with E-state index < -0.39 is 33.2 Å². The van der Waals surface area contributed by atoms with Crippen molar-refractivity contribution in [2.45, 2.75) is 283 Å². The second-order valence-corrected chi connectivity index (χ2v) is 19.4. The summed E-state index contributed by atoms with van der Waals surface area (Å²) in [5.41, 5.74) is 0. The van der Waals surface area contributed by atoms with Crippen molar-refractivity contribution in [2.24, 2.45) is 0 Å². The van der Waals surface area contributed by atoms with E-state index >= 15 is 0 Å². The zero-order chi connectivity index (χ0) is 43.9. The van der Waals surface area contributed by atoms with Crippen molar-refractivity contribution in [3.05, 3.63) is 0 Å². The van der Waals surface area contributed by atoms with Crippen molar-refractivity contribution in [3.63, 3.8) is 0 Å². The molecule has 9 nitrogen and oxygen atoms in total. The smallest absolute Gasteiger partial charge is 0.457 e. The summed E-state index contributed by atoms with van der Waals surface area (Å²) in [6, 6.07) is 0. The predicted molar refractivity (Wildman–Crippen MR) is 252 cm³/mol. The molecule has 3 N–H and O–H groups in total. The first-order chi connectivity index (χ1) is 29.3. The molecule has 0 aromatic carbocycles. The highest BCUT2D eigenvalue weighted by atomic mass is 31.2. The van der Waals surface area contributed by atoms with E-state index in [4.69, 9.17) is 23.6 Å². The lowest BCUT2D eigenvalue weighted by atomic mass is 10.0. The van der Waals surface area contributed by atoms with Gasteiger partial charge < -0.3 is 24.6 Å². The van der Waals surface area contributed by atoms with Gasteiger partial charge in [0.05, 0.1) is 26.4 Å². The Labute approximate surface area is 371 Å². The van der Waals surface area contributed by atoms with E-state index in [0.717, 1.165) is 32.1 Å². The highest BCUT2D eigenvalue weighted by Gasteiger charge is 2.26. The second kappa shape index (κ2) is 47.9. The third-order valence-electron chi connectivity index (χ3n) is 11.8. The summed E-state index contributed by atoms with van der Waals surface area (Å²) in [4.78, 5) is 22.7. The van der Waals surface area contributed by atoms with Crippen molar-refractivity contribution >= 4 is 13.8 Å². The number of ether oxygens (including phenoxy) is 2. The van der Waals surface area contributed by atoms with Gasteiger partial charge in [-0.2, -0.15) is 0 Å². The van der Waals surface area contributed by atoms with Crippen LogP contribution in [0.25, 0.3) is 0 Å². The molecule has 60 heavy (non-hydrogen) atoms. The number of aliphatic hydroxyl groups excluding tert-OH is 2. The lowest BCUT2D eigenvalue weighted by molar-refractivity contribution is -0.154. The number of hydrogen-bond donors (Lipinski definition) is 3. The number of aliphatic hydroxyl groups is 2. The molecule has 10 heteroatoms. The van der Waals surface area contributed by atoms with Gasteiger partial charge in [-0.3, -0.25) is 13.8 Å². The first-order valence-electron chi connectivity index (χ1n) is 26.0. The van der Waals surface area contributed by atoms with Crippen molar-refractivity contribution in [3.8, 4) is 0 Å². The molecule has 360 valence electrons. The van der Waals surface area contributed by atoms with Gasteiger partial charge in [-0.05, 0) is 12.8 Å². The van der Waals surface area contributed by atoms with Crippen LogP contribution in [-0.4, -0.2) is 66.3 Å². The highest BCUT2D eigenvalue weighted by molar-refractivity contribution is 7.47. The van der Waals surface area contributed by atoms with Gasteiger partial charge in [0.1, 0.15) is 12.2 Å². The maximum atomic E-state index is 12.7. The number of esters is 1. The van der Waals surface area contributed by atoms with E-state index in [9.17, 15) is 19.4 Å². The van der Waals surface area contributed by atoms with E-state index in [0.29, 0.717) is 6.61 Å². The van der Waals surface area contributed by atoms with Crippen molar-refractivity contribution < 1.29 is 43.0 Å². The predicted octanol–water partition coefficient (Wildman–Crippen LogP) is 15.0. The van der Waals surface area contributed by atoms with Gasteiger partial charge in [-0.1, -0.05) is 251 Å². The van der Waals surface area contributed by atoms with E-state index in [1.165, 1.54) is 218 Å². The number of hydrogen-bond acceptors (Lipinski definition) is 8. The van der Waals surface area contributed by atoms with Gasteiger partial charge in [-0.15, -0.1) is 0 Å². The summed E-state index contributed by atoms with van der Waals surface area (Å²) >= 11 is 0. The lowest BCUT2D eigenvalue weighted by Gasteiger charge is -2.20. The quantitative estimate of drug-likeness (QED) is 0.0310. The fourth-order valence-electron chi connectivity index (χ4n) is 7.83. The SMILES string of the molecule is CCCCCCCCCCCCCCCCCCCCCCCOCC(COP(=O)(O)OCC(O)CO)OC(=O)CCCCCCCCCCCCCCCCCCCC. The Kier molecular flexibility index (Phi) is 47.5. The molecule has 0 saturated carbocycles. The van der Waals surface area contributed by atoms with Gasteiger partial charge in [0.25, 0.3) is 0 Å². The number of phosphoric ester groups is 1. The number of phosphoric acid groups is 1. The minimum atomic E-state index is -4.51. The van der Waals surface area contributed by atoms with Gasteiger partial charge in [0.2, 0.25) is 0 Å². The Morgan fingerprint density at radius 2 is 0.750 bits per heavy atom. The number of unbranched alkanes of at least 4 members (excludes halogenated alkanes) is 37. The van der Waals surface area contributed by atoms with E-state index in [-0.39, 0.29) is 25.6 Å². The summed E-state index contributed by atoms with van der Waals surface area (Å²) in [5.74, 6) is -0.373. The molecule has 0 heterocycles. The molecule has 0 amide bonds. The number of carbonyl (C=O) groups excluding carboxylic acids is 1. The molecule has 0 aliphatic rings. The van der Waals surface area contributed by atoms with E-state index in [1.807, 2.05) is 0 Å². The normalized spacial score (nSPS) is 13.8. The zero-order valence-electron chi connectivity index (χ0n) is 39.7. The maximum Gasteiger partial charge on any atom is 0.472 e. The molecule has 3 unspecified atom stereocenters. The van der Waals surface area contributed by atoms with Gasteiger partial charge in [-0.25, -0.2) is 4.57 Å². The van der Waals surface area contributed by atoms with Crippen LogP contribution in [-0.2, 0) is 27.9 Å². The molecule has 0 aromatic rings. The Morgan fingerprint density at radius 1 is 0.450 bits per heavy atom. The monoisotopic (exact) mass is 877 g/mol. The Hall–Kier alpha value is -0.540. The van der Waals surface area contributed by atoms with Crippen molar-refractivity contribution in [1.29, 1.82) is 0 Å². The third-order valence-corrected chi connectivity index (χ3v) is 12.7. The number of rotatable bonds is 51. The Bertz CT molecular complexity index is 907. The minimum absolute atomic E-state index is 0.0589. The topological polar surface area (TPSA) is 132 Å². The van der Waals surface area contributed by atoms with Crippen LogP contribution in [0.5, 0.6) is 0 Å². The van der Waals surface area contributed by atoms with Crippen LogP contribution < -0.4 is 0 Å². The average molecular weight is 877 g/mol. The summed E-state index contributed by atoms with van der Waals surface area (Å²) in [7, 11) is -4.51. The second-order valence-electron chi connectivity index (χ2n) is 17.9. The summed E-state index contributed by atoms with van der Waals surface area (Å²) in [5, 5.41) is 18.4. The highest BCUT2D eigenvalue weighted by Crippen LogP contribution is 2.43. The van der Waals surface area contributed by atoms with E-state index in [2.05, 4.69) is 13.8 Å². The molecule has 0 aliphatic heterocycles. The fraction of sp³-hybridized carbons (Fsp3) is 0.980. The van der Waals surface area contributed by atoms with Crippen LogP contribution in [0.3, 0.4) is 0 Å². The van der Waals surface area contributed by atoms with Gasteiger partial charge in [0, 0.05) is 13.0 Å². The molecule has 0 fully saturated rings. The van der Waals surface area contributed by atoms with Crippen molar-refractivity contribution in [2.75, 3.05) is 33.0 Å².